The highest BCUT2D eigenvalue weighted by Gasteiger charge is 2.35. The van der Waals surface area contributed by atoms with Gasteiger partial charge in [0, 0.05) is 4.91 Å². The fourth-order valence-corrected chi connectivity index (χ4v) is 3.50. The molecule has 0 bridgehead atoms. The molecule has 0 aromatic heterocycles. The third-order valence-electron chi connectivity index (χ3n) is 4.07. The van der Waals surface area contributed by atoms with Crippen molar-refractivity contribution >= 4 is 38.8 Å². The number of hydrazone groups is 1. The van der Waals surface area contributed by atoms with Gasteiger partial charge >= 0.3 is 0 Å². The van der Waals surface area contributed by atoms with E-state index in [1.54, 1.807) is 37.3 Å². The Morgan fingerprint density at radius 1 is 1.23 bits per heavy atom. The molecule has 0 fully saturated rings. The van der Waals surface area contributed by atoms with E-state index < -0.39 is 38.3 Å². The fourth-order valence-electron chi connectivity index (χ4n) is 2.74. The largest absolute Gasteiger partial charge is 0.494 e. The summed E-state index contributed by atoms with van der Waals surface area (Å²) in [5.74, 6) is -0.566. The Morgan fingerprint density at radius 2 is 1.93 bits per heavy atom. The Hall–Kier alpha value is -3.80. The Morgan fingerprint density at radius 3 is 2.53 bits per heavy atom. The summed E-state index contributed by atoms with van der Waals surface area (Å²) in [6, 6.07) is 9.98. The monoisotopic (exact) mass is 429 g/mol. The Bertz CT molecular complexity index is 1200. The molecule has 1 aliphatic heterocycles. The molecule has 0 saturated heterocycles. The topological polar surface area (TPSA) is 170 Å². The number of amides is 1. The summed E-state index contributed by atoms with van der Waals surface area (Å²) < 4.78 is 38.5. The molecule has 1 heterocycles. The summed E-state index contributed by atoms with van der Waals surface area (Å²) in [7, 11) is -3.62. The summed E-state index contributed by atoms with van der Waals surface area (Å²) in [4.78, 5) is 14.5. The molecule has 2 aromatic rings. The summed E-state index contributed by atoms with van der Waals surface area (Å²) in [6.45, 7) is 1.57. The molecule has 1 unspecified atom stereocenters. The Balaban J connectivity index is 2.06. The van der Waals surface area contributed by atoms with E-state index in [9.17, 15) is 17.8 Å². The van der Waals surface area contributed by atoms with Gasteiger partial charge in [0.2, 0.25) is 0 Å². The third kappa shape index (κ3) is 3.98. The highest BCUT2D eigenvalue weighted by atomic mass is 32.2. The SMILES string of the molecule is COc1ccc(N=[N+]=[N-])c(S(=O)(=O)O)c1N=NC1C(=O)N(c2ccccc2)N=C1C. The number of para-hydroxylation sites is 1. The van der Waals surface area contributed by atoms with Crippen LogP contribution in [0.5, 0.6) is 5.75 Å². The second-order valence-corrected chi connectivity index (χ2v) is 7.33. The normalized spacial score (nSPS) is 16.5. The van der Waals surface area contributed by atoms with Gasteiger partial charge in [0.05, 0.1) is 24.2 Å². The van der Waals surface area contributed by atoms with Crippen molar-refractivity contribution in [1.82, 2.24) is 0 Å². The molecule has 13 heteroatoms. The number of benzene rings is 2. The lowest BCUT2D eigenvalue weighted by molar-refractivity contribution is -0.117. The molecule has 2 aromatic carbocycles. The number of hydrogen-bond donors (Lipinski definition) is 1. The lowest BCUT2D eigenvalue weighted by Crippen LogP contribution is -2.29. The van der Waals surface area contributed by atoms with E-state index in [2.05, 4.69) is 25.4 Å². The van der Waals surface area contributed by atoms with Crippen molar-refractivity contribution in [2.45, 2.75) is 17.9 Å². The quantitative estimate of drug-likeness (QED) is 0.318. The number of rotatable bonds is 6. The first-order valence-electron chi connectivity index (χ1n) is 8.36. The third-order valence-corrected chi connectivity index (χ3v) is 4.99. The van der Waals surface area contributed by atoms with E-state index in [4.69, 9.17) is 10.3 Å². The molecule has 0 saturated carbocycles. The predicted molar refractivity (Wildman–Crippen MR) is 107 cm³/mol. The lowest BCUT2D eigenvalue weighted by Gasteiger charge is -2.12. The van der Waals surface area contributed by atoms with Crippen molar-refractivity contribution in [2.75, 3.05) is 12.1 Å². The molecule has 1 atom stereocenters. The van der Waals surface area contributed by atoms with Crippen LogP contribution in [0.4, 0.5) is 17.1 Å². The summed E-state index contributed by atoms with van der Waals surface area (Å²) in [5, 5.41) is 16.4. The van der Waals surface area contributed by atoms with Crippen LogP contribution in [-0.4, -0.2) is 37.7 Å². The minimum Gasteiger partial charge on any atom is -0.494 e. The van der Waals surface area contributed by atoms with Gasteiger partial charge in [-0.15, -0.1) is 5.11 Å². The highest BCUT2D eigenvalue weighted by Crippen LogP contribution is 2.41. The van der Waals surface area contributed by atoms with E-state index in [0.717, 1.165) is 11.1 Å². The molecule has 0 aliphatic carbocycles. The number of ether oxygens (including phenoxy) is 1. The minimum absolute atomic E-state index is 0.0665. The zero-order valence-electron chi connectivity index (χ0n) is 15.7. The minimum atomic E-state index is -4.87. The maximum absolute atomic E-state index is 12.7. The van der Waals surface area contributed by atoms with Gasteiger partial charge in [-0.1, -0.05) is 23.3 Å². The van der Waals surface area contributed by atoms with Crippen LogP contribution in [-0.2, 0) is 14.9 Å². The van der Waals surface area contributed by atoms with Gasteiger partial charge in [0.25, 0.3) is 16.0 Å². The molecule has 1 amide bonds. The Labute approximate surface area is 170 Å². The average molecular weight is 429 g/mol. The van der Waals surface area contributed by atoms with E-state index in [1.165, 1.54) is 13.2 Å². The zero-order chi connectivity index (χ0) is 21.9. The lowest BCUT2D eigenvalue weighted by atomic mass is 10.2. The number of carbonyl (C=O) groups is 1. The van der Waals surface area contributed by atoms with Crippen LogP contribution < -0.4 is 9.75 Å². The predicted octanol–water partition coefficient (Wildman–Crippen LogP) is 3.76. The molecule has 0 spiro atoms. The second kappa shape index (κ2) is 8.29. The van der Waals surface area contributed by atoms with E-state index >= 15 is 0 Å². The molecule has 12 nitrogen and oxygen atoms in total. The molecule has 3 rings (SSSR count). The number of azo groups is 1. The van der Waals surface area contributed by atoms with Crippen molar-refractivity contribution in [2.24, 2.45) is 20.4 Å². The number of carbonyl (C=O) groups excluding carboxylic acids is 1. The maximum Gasteiger partial charge on any atom is 0.297 e. The molecule has 1 N–H and O–H groups in total. The molecule has 154 valence electrons. The van der Waals surface area contributed by atoms with E-state index in [-0.39, 0.29) is 5.75 Å². The van der Waals surface area contributed by atoms with Crippen LogP contribution in [0.2, 0.25) is 0 Å². The van der Waals surface area contributed by atoms with Crippen LogP contribution in [0.25, 0.3) is 10.4 Å². The van der Waals surface area contributed by atoms with Gasteiger partial charge in [-0.05, 0) is 36.7 Å². The van der Waals surface area contributed by atoms with Crippen LogP contribution in [0.3, 0.4) is 0 Å². The van der Waals surface area contributed by atoms with Gasteiger partial charge in [-0.25, -0.2) is 0 Å². The molecular weight excluding hydrogens is 414 g/mol. The van der Waals surface area contributed by atoms with E-state index in [0.29, 0.717) is 11.4 Å². The van der Waals surface area contributed by atoms with Crippen molar-refractivity contribution in [1.29, 1.82) is 0 Å². The van der Waals surface area contributed by atoms with Gasteiger partial charge in [0.1, 0.15) is 16.3 Å². The average Bonchev–Trinajstić information content (AvgIpc) is 3.00. The van der Waals surface area contributed by atoms with Crippen molar-refractivity contribution < 1.29 is 22.5 Å². The van der Waals surface area contributed by atoms with Crippen LogP contribution in [0, 0.1) is 0 Å². The van der Waals surface area contributed by atoms with Crippen LogP contribution in [0.1, 0.15) is 6.92 Å². The fraction of sp³-hybridized carbons (Fsp3) is 0.176. The van der Waals surface area contributed by atoms with Gasteiger partial charge < -0.3 is 4.74 Å². The summed E-state index contributed by atoms with van der Waals surface area (Å²) in [6.07, 6.45) is 0. The molecule has 0 radical (unpaired) electrons. The zero-order valence-corrected chi connectivity index (χ0v) is 16.6. The Kier molecular flexibility index (Phi) is 5.78. The number of hydrogen-bond acceptors (Lipinski definition) is 8. The second-order valence-electron chi connectivity index (χ2n) is 5.97. The number of anilines is 1. The first-order valence-corrected chi connectivity index (χ1v) is 9.80. The number of nitrogens with zero attached hydrogens (tertiary/aromatic N) is 7. The van der Waals surface area contributed by atoms with Crippen molar-refractivity contribution in [3.63, 3.8) is 0 Å². The van der Waals surface area contributed by atoms with Crippen LogP contribution in [0.15, 0.2) is 67.8 Å². The van der Waals surface area contributed by atoms with Crippen molar-refractivity contribution in [3.8, 4) is 5.75 Å². The van der Waals surface area contributed by atoms with Gasteiger partial charge in [0.15, 0.2) is 6.04 Å². The summed E-state index contributed by atoms with van der Waals surface area (Å²) >= 11 is 0. The first kappa shape index (κ1) is 20.9. The highest BCUT2D eigenvalue weighted by molar-refractivity contribution is 7.86. The maximum atomic E-state index is 12.7. The molecular formula is C17H15N7O5S. The standard InChI is InChI=1S/C17H15N7O5S/c1-10-14(17(25)24(22-10)11-6-4-3-5-7-11)20-21-15-13(29-2)9-8-12(19-23-18)16(15)30(26,27)28/h3-9,14H,1-2H3,(H,26,27,28). The number of azide groups is 1. The van der Waals surface area contributed by atoms with E-state index in [1.807, 2.05) is 0 Å². The smallest absolute Gasteiger partial charge is 0.297 e. The first-order chi connectivity index (χ1) is 14.3. The molecule has 30 heavy (non-hydrogen) atoms. The van der Waals surface area contributed by atoms with Gasteiger partial charge in [-0.3, -0.25) is 9.35 Å². The van der Waals surface area contributed by atoms with Crippen LogP contribution >= 0.6 is 0 Å². The summed E-state index contributed by atoms with van der Waals surface area (Å²) in [5.41, 5.74) is 8.71. The van der Waals surface area contributed by atoms with Gasteiger partial charge in [-0.2, -0.15) is 23.6 Å². The molecule has 1 aliphatic rings. The number of methoxy groups -OCH3 is 1. The van der Waals surface area contributed by atoms with Crippen molar-refractivity contribution in [3.05, 3.63) is 52.9 Å².